The zero-order valence-electron chi connectivity index (χ0n) is 6.36. The van der Waals surface area contributed by atoms with Gasteiger partial charge in [-0.05, 0) is 13.8 Å². The molecule has 6 heteroatoms. The Morgan fingerprint density at radius 3 is 2.00 bits per heavy atom. The fraction of sp³-hybridized carbons (Fsp3) is 0.800. The van der Waals surface area contributed by atoms with Crippen molar-refractivity contribution in [1.82, 2.24) is 0 Å². The number of nitrogens with two attached hydrogens (primary N) is 1. The van der Waals surface area contributed by atoms with Crippen LogP contribution in [0.15, 0.2) is 0 Å². The molecule has 11 heavy (non-hydrogen) atoms. The normalized spacial score (nSPS) is 13.0. The minimum atomic E-state index is -3.71. The third kappa shape index (κ3) is 3.94. The lowest BCUT2D eigenvalue weighted by Gasteiger charge is -2.16. The van der Waals surface area contributed by atoms with Crippen LogP contribution in [0.2, 0.25) is 0 Å². The Morgan fingerprint density at radius 1 is 1.55 bits per heavy atom. The molecule has 0 rings (SSSR count). The second kappa shape index (κ2) is 2.78. The van der Waals surface area contributed by atoms with Crippen LogP contribution in [0.25, 0.3) is 0 Å². The maximum Gasteiger partial charge on any atom is 0.310 e. The van der Waals surface area contributed by atoms with Gasteiger partial charge >= 0.3 is 5.97 Å². The Bertz CT molecular complexity index is 254. The van der Waals surface area contributed by atoms with Crippen molar-refractivity contribution in [2.75, 3.05) is 5.75 Å². The number of hydrogen-bond acceptors (Lipinski definition) is 3. The summed E-state index contributed by atoms with van der Waals surface area (Å²) in [6.45, 7) is 2.61. The molecule has 0 saturated heterocycles. The molecule has 0 saturated carbocycles. The van der Waals surface area contributed by atoms with E-state index in [0.29, 0.717) is 0 Å². The predicted molar refractivity (Wildman–Crippen MR) is 39.4 cm³/mol. The first-order valence-corrected chi connectivity index (χ1v) is 4.60. The first-order valence-electron chi connectivity index (χ1n) is 2.89. The van der Waals surface area contributed by atoms with Crippen LogP contribution in [0.1, 0.15) is 13.8 Å². The average Bonchev–Trinajstić information content (AvgIpc) is 1.56. The molecule has 66 valence electrons. The van der Waals surface area contributed by atoms with E-state index in [-0.39, 0.29) is 0 Å². The molecule has 0 unspecified atom stereocenters. The molecule has 0 radical (unpaired) electrons. The van der Waals surface area contributed by atoms with Gasteiger partial charge in [-0.3, -0.25) is 4.79 Å². The van der Waals surface area contributed by atoms with Crippen LogP contribution in [0.4, 0.5) is 0 Å². The van der Waals surface area contributed by atoms with Crippen LogP contribution in [0, 0.1) is 5.41 Å². The van der Waals surface area contributed by atoms with Crippen LogP contribution in [0.5, 0.6) is 0 Å². The van der Waals surface area contributed by atoms with Crippen LogP contribution in [-0.4, -0.2) is 25.2 Å². The summed E-state index contributed by atoms with van der Waals surface area (Å²) in [6, 6.07) is 0. The highest BCUT2D eigenvalue weighted by Crippen LogP contribution is 2.16. The average molecular weight is 181 g/mol. The fourth-order valence-electron chi connectivity index (χ4n) is 0.565. The topological polar surface area (TPSA) is 97.5 Å². The second-order valence-corrected chi connectivity index (χ2v) is 4.61. The van der Waals surface area contributed by atoms with Crippen molar-refractivity contribution < 1.29 is 18.3 Å². The van der Waals surface area contributed by atoms with Crippen molar-refractivity contribution in [3.63, 3.8) is 0 Å². The number of carboxylic acids is 1. The molecule has 0 heterocycles. The summed E-state index contributed by atoms with van der Waals surface area (Å²) >= 11 is 0. The third-order valence-electron chi connectivity index (χ3n) is 1.14. The van der Waals surface area contributed by atoms with E-state index in [4.69, 9.17) is 5.11 Å². The maximum atomic E-state index is 10.5. The Balaban J connectivity index is 4.51. The van der Waals surface area contributed by atoms with E-state index < -0.39 is 27.2 Å². The smallest absolute Gasteiger partial charge is 0.310 e. The second-order valence-electron chi connectivity index (χ2n) is 3.00. The minimum Gasteiger partial charge on any atom is -0.481 e. The molecule has 5 nitrogen and oxygen atoms in total. The van der Waals surface area contributed by atoms with Gasteiger partial charge in [0.15, 0.2) is 0 Å². The molecule has 0 aromatic carbocycles. The van der Waals surface area contributed by atoms with Gasteiger partial charge in [0.05, 0.1) is 11.2 Å². The highest BCUT2D eigenvalue weighted by atomic mass is 32.2. The molecular weight excluding hydrogens is 170 g/mol. The number of hydrogen-bond donors (Lipinski definition) is 2. The number of carbonyl (C=O) groups is 1. The maximum absolute atomic E-state index is 10.5. The van der Waals surface area contributed by atoms with Gasteiger partial charge in [0.25, 0.3) is 0 Å². The summed E-state index contributed by atoms with van der Waals surface area (Å²) in [5.41, 5.74) is -1.31. The highest BCUT2D eigenvalue weighted by molar-refractivity contribution is 7.89. The van der Waals surface area contributed by atoms with Gasteiger partial charge in [-0.2, -0.15) is 0 Å². The predicted octanol–water partition coefficient (Wildman–Crippen LogP) is -0.614. The van der Waals surface area contributed by atoms with Crippen molar-refractivity contribution >= 4 is 16.0 Å². The lowest BCUT2D eigenvalue weighted by molar-refractivity contribution is -0.145. The van der Waals surface area contributed by atoms with Crippen LogP contribution >= 0.6 is 0 Å². The summed E-state index contributed by atoms with van der Waals surface area (Å²) in [5.74, 6) is -1.72. The van der Waals surface area contributed by atoms with Gasteiger partial charge < -0.3 is 5.11 Å². The number of carboxylic acid groups (broad SMARTS) is 1. The number of rotatable bonds is 3. The quantitative estimate of drug-likeness (QED) is 0.606. The highest BCUT2D eigenvalue weighted by Gasteiger charge is 2.31. The Kier molecular flexibility index (Phi) is 2.63. The molecule has 0 atom stereocenters. The van der Waals surface area contributed by atoms with E-state index >= 15 is 0 Å². The molecular formula is C5H11NO4S. The van der Waals surface area contributed by atoms with E-state index in [9.17, 15) is 13.2 Å². The number of sulfonamides is 1. The van der Waals surface area contributed by atoms with E-state index in [2.05, 4.69) is 5.14 Å². The summed E-state index contributed by atoms with van der Waals surface area (Å²) in [7, 11) is -3.71. The van der Waals surface area contributed by atoms with Gasteiger partial charge in [-0.25, -0.2) is 13.6 Å². The molecule has 0 aliphatic heterocycles. The van der Waals surface area contributed by atoms with Crippen molar-refractivity contribution in [2.24, 2.45) is 10.6 Å². The Labute approximate surface area is 65.3 Å². The SMILES string of the molecule is CC(C)(CS(N)(=O)=O)C(=O)O. The van der Waals surface area contributed by atoms with Gasteiger partial charge in [-0.15, -0.1) is 0 Å². The monoisotopic (exact) mass is 181 g/mol. The molecule has 0 spiro atoms. The first kappa shape index (κ1) is 10.4. The summed E-state index contributed by atoms with van der Waals surface area (Å²) in [5, 5.41) is 13.2. The lowest BCUT2D eigenvalue weighted by Crippen LogP contribution is -2.35. The molecule has 0 amide bonds. The lowest BCUT2D eigenvalue weighted by atomic mass is 9.97. The third-order valence-corrected chi connectivity index (χ3v) is 2.27. The summed E-state index contributed by atoms with van der Waals surface area (Å²) in [6.07, 6.45) is 0. The van der Waals surface area contributed by atoms with Gasteiger partial charge in [0.1, 0.15) is 0 Å². The van der Waals surface area contributed by atoms with Crippen molar-refractivity contribution in [2.45, 2.75) is 13.8 Å². The molecule has 0 fully saturated rings. The van der Waals surface area contributed by atoms with Gasteiger partial charge in [0, 0.05) is 0 Å². The minimum absolute atomic E-state index is 0.546. The fourth-order valence-corrected chi connectivity index (χ4v) is 1.69. The van der Waals surface area contributed by atoms with E-state index in [1.807, 2.05) is 0 Å². The standard InChI is InChI=1S/C5H11NO4S/c1-5(2,4(7)8)3-11(6,9)10/h3H2,1-2H3,(H,7,8)(H2,6,9,10). The van der Waals surface area contributed by atoms with E-state index in [0.717, 1.165) is 0 Å². The molecule has 0 aromatic rings. The van der Waals surface area contributed by atoms with Gasteiger partial charge in [0.2, 0.25) is 10.0 Å². The molecule has 0 aliphatic rings. The van der Waals surface area contributed by atoms with Crippen LogP contribution in [0.3, 0.4) is 0 Å². The molecule has 0 bridgehead atoms. The van der Waals surface area contributed by atoms with Crippen LogP contribution < -0.4 is 5.14 Å². The van der Waals surface area contributed by atoms with Gasteiger partial charge in [-0.1, -0.05) is 0 Å². The Morgan fingerprint density at radius 2 is 1.91 bits per heavy atom. The van der Waals surface area contributed by atoms with E-state index in [1.165, 1.54) is 13.8 Å². The first-order chi connectivity index (χ1) is 4.65. The van der Waals surface area contributed by atoms with Crippen molar-refractivity contribution in [3.05, 3.63) is 0 Å². The number of primary sulfonamides is 1. The zero-order valence-corrected chi connectivity index (χ0v) is 7.18. The Hall–Kier alpha value is -0.620. The largest absolute Gasteiger partial charge is 0.481 e. The molecule has 0 aromatic heterocycles. The number of aliphatic carboxylic acids is 1. The molecule has 3 N–H and O–H groups in total. The van der Waals surface area contributed by atoms with E-state index in [1.54, 1.807) is 0 Å². The van der Waals surface area contributed by atoms with Crippen LogP contribution in [-0.2, 0) is 14.8 Å². The molecule has 0 aliphatic carbocycles. The van der Waals surface area contributed by atoms with Crippen molar-refractivity contribution in [1.29, 1.82) is 0 Å². The zero-order chi connectivity index (χ0) is 9.28. The summed E-state index contributed by atoms with van der Waals surface area (Å²) < 4.78 is 20.9. The summed E-state index contributed by atoms with van der Waals surface area (Å²) in [4.78, 5) is 10.4. The van der Waals surface area contributed by atoms with Crippen molar-refractivity contribution in [3.8, 4) is 0 Å².